The van der Waals surface area contributed by atoms with Crippen LogP contribution in [0.3, 0.4) is 0 Å². The van der Waals surface area contributed by atoms with Gasteiger partial charge < -0.3 is 5.11 Å². The zero-order valence-electron chi connectivity index (χ0n) is 11.9. The van der Waals surface area contributed by atoms with Crippen LogP contribution in [-0.4, -0.2) is 23.3 Å². The molecule has 0 bridgehead atoms. The second kappa shape index (κ2) is 6.06. The molecule has 1 N–H and O–H groups in total. The predicted molar refractivity (Wildman–Crippen MR) is 87.6 cm³/mol. The minimum Gasteiger partial charge on any atom is -0.508 e. The number of hydrogen-bond acceptors (Lipinski definition) is 4. The van der Waals surface area contributed by atoms with E-state index in [1.807, 2.05) is 0 Å². The first-order valence-electron chi connectivity index (χ1n) is 6.76. The molecule has 0 amide bonds. The van der Waals surface area contributed by atoms with E-state index in [4.69, 9.17) is 11.6 Å². The molecule has 0 aliphatic rings. The lowest BCUT2D eigenvalue weighted by Gasteiger charge is -2.03. The number of sulfone groups is 1. The summed E-state index contributed by atoms with van der Waals surface area (Å²) < 4.78 is 26.3. The van der Waals surface area contributed by atoms with Crippen molar-refractivity contribution in [3.63, 3.8) is 0 Å². The lowest BCUT2D eigenvalue weighted by Crippen LogP contribution is -2.06. The van der Waals surface area contributed by atoms with Gasteiger partial charge in [0.25, 0.3) is 0 Å². The minimum absolute atomic E-state index is 0.0240. The summed E-state index contributed by atoms with van der Waals surface area (Å²) in [4.78, 5) is 0.149. The number of phenolic OH excluding ortho intramolecular Hbond substituents is 1. The Morgan fingerprint density at radius 3 is 2.30 bits per heavy atom. The van der Waals surface area contributed by atoms with E-state index < -0.39 is 9.84 Å². The summed E-state index contributed by atoms with van der Waals surface area (Å²) in [6.45, 7) is 0. The summed E-state index contributed by atoms with van der Waals surface area (Å²) in [7, 11) is -3.51. The first kappa shape index (κ1) is 15.6. The largest absolute Gasteiger partial charge is 0.508 e. The van der Waals surface area contributed by atoms with Crippen LogP contribution in [-0.2, 0) is 15.6 Å². The summed E-state index contributed by atoms with van der Waals surface area (Å²) >= 11 is 5.84. The molecule has 1 heterocycles. The van der Waals surface area contributed by atoms with Crippen molar-refractivity contribution in [1.82, 2.24) is 9.78 Å². The highest BCUT2D eigenvalue weighted by atomic mass is 35.5. The van der Waals surface area contributed by atoms with E-state index in [1.54, 1.807) is 41.2 Å². The fourth-order valence-electron chi connectivity index (χ4n) is 2.11. The normalized spacial score (nSPS) is 11.5. The van der Waals surface area contributed by atoms with Crippen molar-refractivity contribution < 1.29 is 13.5 Å². The van der Waals surface area contributed by atoms with E-state index >= 15 is 0 Å². The SMILES string of the molecule is O=S(=O)(Cc1ccn(-c2ccc(Cl)cc2)n1)c1ccc(O)cc1. The molecule has 1 aromatic heterocycles. The molecule has 23 heavy (non-hydrogen) atoms. The number of nitrogens with zero attached hydrogens (tertiary/aromatic N) is 2. The Kier molecular flexibility index (Phi) is 4.11. The van der Waals surface area contributed by atoms with Crippen LogP contribution >= 0.6 is 11.6 Å². The van der Waals surface area contributed by atoms with Crippen LogP contribution in [0.5, 0.6) is 5.75 Å². The van der Waals surface area contributed by atoms with Gasteiger partial charge in [-0.15, -0.1) is 0 Å². The lowest BCUT2D eigenvalue weighted by molar-refractivity contribution is 0.475. The fraction of sp³-hybridized carbons (Fsp3) is 0.0625. The summed E-state index contributed by atoms with van der Waals surface area (Å²) in [6.07, 6.45) is 1.70. The average molecular weight is 349 g/mol. The van der Waals surface area contributed by atoms with Crippen LogP contribution in [0, 0.1) is 0 Å². The third-order valence-corrected chi connectivity index (χ3v) is 5.19. The van der Waals surface area contributed by atoms with Gasteiger partial charge >= 0.3 is 0 Å². The molecule has 0 aliphatic carbocycles. The monoisotopic (exact) mass is 348 g/mol. The van der Waals surface area contributed by atoms with E-state index in [2.05, 4.69) is 5.10 Å². The van der Waals surface area contributed by atoms with Crippen molar-refractivity contribution in [2.24, 2.45) is 0 Å². The van der Waals surface area contributed by atoms with Gasteiger partial charge in [0.15, 0.2) is 9.84 Å². The van der Waals surface area contributed by atoms with Gasteiger partial charge in [-0.25, -0.2) is 13.1 Å². The highest BCUT2D eigenvalue weighted by Gasteiger charge is 2.17. The predicted octanol–water partition coefficient (Wildman–Crippen LogP) is 3.21. The van der Waals surface area contributed by atoms with Crippen LogP contribution in [0.25, 0.3) is 5.69 Å². The van der Waals surface area contributed by atoms with E-state index in [1.165, 1.54) is 24.3 Å². The molecular formula is C16H13ClN2O3S. The number of aromatic hydroxyl groups is 1. The molecule has 5 nitrogen and oxygen atoms in total. The van der Waals surface area contributed by atoms with Crippen LogP contribution in [0.15, 0.2) is 65.7 Å². The van der Waals surface area contributed by atoms with Gasteiger partial charge in [0.05, 0.1) is 22.0 Å². The van der Waals surface area contributed by atoms with Gasteiger partial charge in [-0.1, -0.05) is 11.6 Å². The van der Waals surface area contributed by atoms with E-state index in [0.29, 0.717) is 10.7 Å². The average Bonchev–Trinajstić information content (AvgIpc) is 2.96. The standard InChI is InChI=1S/C16H13ClN2O3S/c17-12-1-3-14(4-2-12)19-10-9-13(18-19)11-23(21,22)16-7-5-15(20)6-8-16/h1-10,20H,11H2. The maximum atomic E-state index is 12.4. The van der Waals surface area contributed by atoms with Crippen LogP contribution < -0.4 is 0 Å². The Morgan fingerprint density at radius 2 is 1.65 bits per heavy atom. The van der Waals surface area contributed by atoms with Gasteiger partial charge in [0, 0.05) is 11.2 Å². The van der Waals surface area contributed by atoms with Crippen molar-refractivity contribution in [2.75, 3.05) is 0 Å². The molecule has 0 saturated heterocycles. The zero-order valence-corrected chi connectivity index (χ0v) is 13.5. The summed E-state index contributed by atoms with van der Waals surface area (Å²) in [5, 5.41) is 14.1. The maximum absolute atomic E-state index is 12.4. The number of benzene rings is 2. The zero-order chi connectivity index (χ0) is 16.4. The Morgan fingerprint density at radius 1 is 1.00 bits per heavy atom. The number of phenols is 1. The fourth-order valence-corrected chi connectivity index (χ4v) is 3.49. The summed E-state index contributed by atoms with van der Waals surface area (Å²) in [6, 6.07) is 14.2. The Bertz CT molecular complexity index is 917. The highest BCUT2D eigenvalue weighted by molar-refractivity contribution is 7.90. The van der Waals surface area contributed by atoms with E-state index in [9.17, 15) is 13.5 Å². The number of aromatic nitrogens is 2. The van der Waals surface area contributed by atoms with Gasteiger partial charge in [-0.05, 0) is 54.6 Å². The molecule has 118 valence electrons. The van der Waals surface area contributed by atoms with Gasteiger partial charge in [-0.3, -0.25) is 0 Å². The summed E-state index contributed by atoms with van der Waals surface area (Å²) in [5.74, 6) is -0.186. The van der Waals surface area contributed by atoms with E-state index in [-0.39, 0.29) is 16.4 Å². The third-order valence-electron chi connectivity index (χ3n) is 3.27. The lowest BCUT2D eigenvalue weighted by atomic mass is 10.3. The molecule has 0 aliphatic heterocycles. The number of rotatable bonds is 4. The van der Waals surface area contributed by atoms with Crippen molar-refractivity contribution in [2.45, 2.75) is 10.6 Å². The summed E-state index contributed by atoms with van der Waals surface area (Å²) in [5.41, 5.74) is 1.23. The van der Waals surface area contributed by atoms with Crippen molar-refractivity contribution >= 4 is 21.4 Å². The second-order valence-corrected chi connectivity index (χ2v) is 7.41. The van der Waals surface area contributed by atoms with Gasteiger partial charge in [-0.2, -0.15) is 5.10 Å². The first-order valence-corrected chi connectivity index (χ1v) is 8.79. The number of hydrogen-bond donors (Lipinski definition) is 1. The molecule has 0 unspecified atom stereocenters. The molecular weight excluding hydrogens is 336 g/mol. The topological polar surface area (TPSA) is 72.2 Å². The first-order chi connectivity index (χ1) is 10.9. The Balaban J connectivity index is 1.83. The molecule has 0 spiro atoms. The molecule has 3 rings (SSSR count). The quantitative estimate of drug-likeness (QED) is 0.785. The molecule has 0 fully saturated rings. The molecule has 0 saturated carbocycles. The van der Waals surface area contributed by atoms with Crippen LogP contribution in [0.1, 0.15) is 5.69 Å². The van der Waals surface area contributed by atoms with Crippen molar-refractivity contribution in [3.05, 3.63) is 71.5 Å². The van der Waals surface area contributed by atoms with E-state index in [0.717, 1.165) is 5.69 Å². The molecule has 0 radical (unpaired) electrons. The number of halogens is 1. The van der Waals surface area contributed by atoms with Gasteiger partial charge in [0.1, 0.15) is 5.75 Å². The molecule has 3 aromatic rings. The Labute approximate surface area is 138 Å². The second-order valence-electron chi connectivity index (χ2n) is 4.98. The van der Waals surface area contributed by atoms with Gasteiger partial charge in [0.2, 0.25) is 0 Å². The molecule has 2 aromatic carbocycles. The van der Waals surface area contributed by atoms with Crippen molar-refractivity contribution in [1.29, 1.82) is 0 Å². The molecule has 0 atom stereocenters. The van der Waals surface area contributed by atoms with Crippen LogP contribution in [0.4, 0.5) is 0 Å². The van der Waals surface area contributed by atoms with Crippen LogP contribution in [0.2, 0.25) is 5.02 Å². The third kappa shape index (κ3) is 3.55. The minimum atomic E-state index is -3.51. The molecule has 7 heteroatoms. The maximum Gasteiger partial charge on any atom is 0.184 e. The Hall–Kier alpha value is -2.31. The smallest absolute Gasteiger partial charge is 0.184 e. The highest BCUT2D eigenvalue weighted by Crippen LogP contribution is 2.19. The van der Waals surface area contributed by atoms with Crippen molar-refractivity contribution in [3.8, 4) is 11.4 Å².